The van der Waals surface area contributed by atoms with Gasteiger partial charge < -0.3 is 0 Å². The van der Waals surface area contributed by atoms with Gasteiger partial charge in [0.1, 0.15) is 5.69 Å². The predicted molar refractivity (Wildman–Crippen MR) is 63.1 cm³/mol. The summed E-state index contributed by atoms with van der Waals surface area (Å²) < 4.78 is 38.5. The molecule has 100 valence electrons. The summed E-state index contributed by atoms with van der Waals surface area (Å²) in [5.41, 5.74) is -0.542. The zero-order valence-corrected chi connectivity index (χ0v) is 10.5. The molecule has 1 aromatic heterocycles. The van der Waals surface area contributed by atoms with E-state index in [-0.39, 0.29) is 16.3 Å². The van der Waals surface area contributed by atoms with E-state index in [1.54, 1.807) is 0 Å². The van der Waals surface area contributed by atoms with Crippen molar-refractivity contribution in [3.05, 3.63) is 52.3 Å². The van der Waals surface area contributed by atoms with Crippen LogP contribution >= 0.6 is 11.6 Å². The standard InChI is InChI=1S/C12H8ClF3N2O/c1-18-10(9(13)6-17-18)11(19)7-2-4-8(5-3-7)12(14,15)16/h2-6H,1H3. The zero-order chi connectivity index (χ0) is 14.2. The van der Waals surface area contributed by atoms with Crippen molar-refractivity contribution in [2.45, 2.75) is 6.18 Å². The molecule has 0 radical (unpaired) electrons. The minimum absolute atomic E-state index is 0.124. The number of halogens is 4. The van der Waals surface area contributed by atoms with Crippen molar-refractivity contribution in [1.29, 1.82) is 0 Å². The molecule has 0 bridgehead atoms. The van der Waals surface area contributed by atoms with Crippen LogP contribution in [0.3, 0.4) is 0 Å². The molecule has 2 aromatic rings. The topological polar surface area (TPSA) is 34.9 Å². The maximum Gasteiger partial charge on any atom is 0.416 e. The van der Waals surface area contributed by atoms with Crippen LogP contribution in [0.15, 0.2) is 30.5 Å². The summed E-state index contributed by atoms with van der Waals surface area (Å²) in [5.74, 6) is -0.473. The average Bonchev–Trinajstić information content (AvgIpc) is 2.67. The zero-order valence-electron chi connectivity index (χ0n) is 9.70. The Morgan fingerprint density at radius 1 is 1.26 bits per heavy atom. The molecule has 0 aliphatic carbocycles. The largest absolute Gasteiger partial charge is 0.416 e. The minimum Gasteiger partial charge on any atom is -0.287 e. The van der Waals surface area contributed by atoms with Crippen LogP contribution in [0, 0.1) is 0 Å². The fraction of sp³-hybridized carbons (Fsp3) is 0.167. The lowest BCUT2D eigenvalue weighted by Crippen LogP contribution is -2.10. The van der Waals surface area contributed by atoms with Gasteiger partial charge in [0.2, 0.25) is 5.78 Å². The number of nitrogens with zero attached hydrogens (tertiary/aromatic N) is 2. The third-order valence-electron chi connectivity index (χ3n) is 2.58. The highest BCUT2D eigenvalue weighted by Gasteiger charge is 2.30. The van der Waals surface area contributed by atoms with E-state index >= 15 is 0 Å². The molecule has 0 atom stereocenters. The van der Waals surface area contributed by atoms with Gasteiger partial charge in [-0.3, -0.25) is 9.48 Å². The van der Waals surface area contributed by atoms with Crippen molar-refractivity contribution in [1.82, 2.24) is 9.78 Å². The van der Waals surface area contributed by atoms with Gasteiger partial charge in [0.15, 0.2) is 0 Å². The molecular formula is C12H8ClF3N2O. The number of hydrogen-bond donors (Lipinski definition) is 0. The van der Waals surface area contributed by atoms with Gasteiger partial charge in [-0.1, -0.05) is 23.7 Å². The highest BCUT2D eigenvalue weighted by molar-refractivity contribution is 6.34. The monoisotopic (exact) mass is 288 g/mol. The minimum atomic E-state index is -4.42. The summed E-state index contributed by atoms with van der Waals surface area (Å²) in [6.45, 7) is 0. The Kier molecular flexibility index (Phi) is 3.36. The van der Waals surface area contributed by atoms with Gasteiger partial charge in [-0.15, -0.1) is 0 Å². The van der Waals surface area contributed by atoms with Crippen LogP contribution in [0.4, 0.5) is 13.2 Å². The van der Waals surface area contributed by atoms with E-state index in [0.717, 1.165) is 24.3 Å². The quantitative estimate of drug-likeness (QED) is 0.795. The fourth-order valence-electron chi connectivity index (χ4n) is 1.61. The Morgan fingerprint density at radius 2 is 1.84 bits per heavy atom. The number of carbonyl (C=O) groups is 1. The first kappa shape index (κ1) is 13.6. The van der Waals surface area contributed by atoms with Crippen molar-refractivity contribution < 1.29 is 18.0 Å². The van der Waals surface area contributed by atoms with Crippen molar-refractivity contribution in [2.24, 2.45) is 7.05 Å². The van der Waals surface area contributed by atoms with Crippen molar-refractivity contribution in [3.8, 4) is 0 Å². The molecule has 0 saturated heterocycles. The van der Waals surface area contributed by atoms with Crippen LogP contribution in [0.25, 0.3) is 0 Å². The van der Waals surface area contributed by atoms with Gasteiger partial charge >= 0.3 is 6.18 Å². The van der Waals surface area contributed by atoms with Crippen LogP contribution < -0.4 is 0 Å². The van der Waals surface area contributed by atoms with Crippen molar-refractivity contribution in [3.63, 3.8) is 0 Å². The molecule has 0 saturated carbocycles. The number of rotatable bonds is 2. The van der Waals surface area contributed by atoms with E-state index in [1.807, 2.05) is 0 Å². The molecule has 7 heteroatoms. The smallest absolute Gasteiger partial charge is 0.287 e. The number of alkyl halides is 3. The first-order valence-corrected chi connectivity index (χ1v) is 5.58. The molecule has 0 N–H and O–H groups in total. The van der Waals surface area contributed by atoms with E-state index in [4.69, 9.17) is 11.6 Å². The fourth-order valence-corrected chi connectivity index (χ4v) is 1.87. The summed E-state index contributed by atoms with van der Waals surface area (Å²) in [6.07, 6.45) is -3.12. The highest BCUT2D eigenvalue weighted by Crippen LogP contribution is 2.29. The third kappa shape index (κ3) is 2.63. The maximum atomic E-state index is 12.4. The maximum absolute atomic E-state index is 12.4. The van der Waals surface area contributed by atoms with E-state index in [0.29, 0.717) is 0 Å². The molecule has 2 rings (SSSR count). The van der Waals surface area contributed by atoms with Gasteiger partial charge in [0.05, 0.1) is 16.8 Å². The Balaban J connectivity index is 2.36. The molecular weight excluding hydrogens is 281 g/mol. The molecule has 0 aliphatic heterocycles. The molecule has 19 heavy (non-hydrogen) atoms. The second-order valence-corrected chi connectivity index (χ2v) is 4.28. The first-order valence-electron chi connectivity index (χ1n) is 5.20. The molecule has 0 unspecified atom stereocenters. The van der Waals surface area contributed by atoms with Crippen LogP contribution in [-0.2, 0) is 13.2 Å². The predicted octanol–water partition coefficient (Wildman–Crippen LogP) is 3.32. The normalized spacial score (nSPS) is 11.6. The summed E-state index contributed by atoms with van der Waals surface area (Å²) in [6, 6.07) is 3.96. The second kappa shape index (κ2) is 4.70. The lowest BCUT2D eigenvalue weighted by atomic mass is 10.1. The Bertz CT molecular complexity index is 597. The first-order chi connectivity index (χ1) is 8.80. The molecule has 3 nitrogen and oxygen atoms in total. The summed E-state index contributed by atoms with van der Waals surface area (Å²) >= 11 is 5.81. The van der Waals surface area contributed by atoms with E-state index in [9.17, 15) is 18.0 Å². The van der Waals surface area contributed by atoms with Crippen molar-refractivity contribution >= 4 is 17.4 Å². The van der Waals surface area contributed by atoms with E-state index in [2.05, 4.69) is 5.10 Å². The van der Waals surface area contributed by atoms with Gasteiger partial charge in [-0.25, -0.2) is 0 Å². The molecule has 1 aromatic carbocycles. The molecule has 0 amide bonds. The number of aryl methyl sites for hydroxylation is 1. The Hall–Kier alpha value is -1.82. The second-order valence-electron chi connectivity index (χ2n) is 3.87. The van der Waals surface area contributed by atoms with E-state index < -0.39 is 17.5 Å². The molecule has 0 spiro atoms. The average molecular weight is 289 g/mol. The van der Waals surface area contributed by atoms with Crippen molar-refractivity contribution in [2.75, 3.05) is 0 Å². The number of carbonyl (C=O) groups excluding carboxylic acids is 1. The number of ketones is 1. The number of benzene rings is 1. The Labute approximate surface area is 111 Å². The SMILES string of the molecule is Cn1ncc(Cl)c1C(=O)c1ccc(C(F)(F)F)cc1. The lowest BCUT2D eigenvalue weighted by molar-refractivity contribution is -0.137. The molecule has 0 aliphatic rings. The van der Waals surface area contributed by atoms with Gasteiger partial charge in [0, 0.05) is 12.6 Å². The van der Waals surface area contributed by atoms with Crippen LogP contribution in [-0.4, -0.2) is 15.6 Å². The summed E-state index contributed by atoms with van der Waals surface area (Å²) in [4.78, 5) is 12.1. The number of aromatic nitrogens is 2. The lowest BCUT2D eigenvalue weighted by Gasteiger charge is -2.07. The summed E-state index contributed by atoms with van der Waals surface area (Å²) in [5, 5.41) is 3.96. The molecule has 1 heterocycles. The van der Waals surface area contributed by atoms with Crippen LogP contribution in [0.5, 0.6) is 0 Å². The van der Waals surface area contributed by atoms with Crippen LogP contribution in [0.1, 0.15) is 21.6 Å². The highest BCUT2D eigenvalue weighted by atomic mass is 35.5. The van der Waals surface area contributed by atoms with Gasteiger partial charge in [-0.2, -0.15) is 18.3 Å². The number of hydrogen-bond acceptors (Lipinski definition) is 2. The summed E-state index contributed by atoms with van der Waals surface area (Å²) in [7, 11) is 1.53. The van der Waals surface area contributed by atoms with Gasteiger partial charge in [-0.05, 0) is 12.1 Å². The third-order valence-corrected chi connectivity index (χ3v) is 2.86. The van der Waals surface area contributed by atoms with Crippen LogP contribution in [0.2, 0.25) is 5.02 Å². The van der Waals surface area contributed by atoms with Gasteiger partial charge in [0.25, 0.3) is 0 Å². The Morgan fingerprint density at radius 3 is 2.26 bits per heavy atom. The van der Waals surface area contributed by atoms with E-state index in [1.165, 1.54) is 17.9 Å². The molecule has 0 fully saturated rings.